The standard InChI is InChI=1S/C16H18O2/c1-13(17-2)11-14-7-6-10-16(12-14)18-15-8-4-3-5-9-15/h3-10,12-13H,11H2,1-2H3. The van der Waals surface area contributed by atoms with Crippen molar-refractivity contribution in [1.82, 2.24) is 0 Å². The van der Waals surface area contributed by atoms with Gasteiger partial charge in [0, 0.05) is 7.11 Å². The van der Waals surface area contributed by atoms with E-state index < -0.39 is 0 Å². The molecule has 0 amide bonds. The molecule has 0 saturated heterocycles. The molecule has 0 aliphatic heterocycles. The predicted molar refractivity (Wildman–Crippen MR) is 73.1 cm³/mol. The third-order valence-electron chi connectivity index (χ3n) is 2.80. The number of methoxy groups -OCH3 is 1. The van der Waals surface area contributed by atoms with Crippen molar-refractivity contribution in [3.63, 3.8) is 0 Å². The highest BCUT2D eigenvalue weighted by Crippen LogP contribution is 2.22. The summed E-state index contributed by atoms with van der Waals surface area (Å²) in [6.45, 7) is 2.06. The molecule has 0 saturated carbocycles. The van der Waals surface area contributed by atoms with Crippen LogP contribution in [0.2, 0.25) is 0 Å². The van der Waals surface area contributed by atoms with Gasteiger partial charge >= 0.3 is 0 Å². The van der Waals surface area contributed by atoms with Gasteiger partial charge in [-0.3, -0.25) is 0 Å². The normalized spacial score (nSPS) is 12.1. The lowest BCUT2D eigenvalue weighted by atomic mass is 10.1. The maximum atomic E-state index is 5.79. The number of para-hydroxylation sites is 1. The average molecular weight is 242 g/mol. The summed E-state index contributed by atoms with van der Waals surface area (Å²) < 4.78 is 11.1. The summed E-state index contributed by atoms with van der Waals surface area (Å²) in [5.74, 6) is 1.72. The van der Waals surface area contributed by atoms with E-state index in [1.54, 1.807) is 7.11 Å². The first-order valence-corrected chi connectivity index (χ1v) is 6.12. The van der Waals surface area contributed by atoms with E-state index in [-0.39, 0.29) is 6.10 Å². The van der Waals surface area contributed by atoms with E-state index in [1.165, 1.54) is 5.56 Å². The first-order chi connectivity index (χ1) is 8.78. The van der Waals surface area contributed by atoms with Gasteiger partial charge in [-0.05, 0) is 43.2 Å². The summed E-state index contributed by atoms with van der Waals surface area (Å²) in [5.41, 5.74) is 1.22. The molecule has 0 N–H and O–H groups in total. The van der Waals surface area contributed by atoms with Crippen LogP contribution in [-0.4, -0.2) is 13.2 Å². The van der Waals surface area contributed by atoms with Crippen molar-refractivity contribution in [2.24, 2.45) is 0 Å². The predicted octanol–water partition coefficient (Wildman–Crippen LogP) is 4.06. The Morgan fingerprint density at radius 1 is 0.944 bits per heavy atom. The second-order valence-corrected chi connectivity index (χ2v) is 4.31. The van der Waals surface area contributed by atoms with Gasteiger partial charge in [0.25, 0.3) is 0 Å². The van der Waals surface area contributed by atoms with E-state index in [0.29, 0.717) is 0 Å². The molecule has 0 aromatic heterocycles. The molecule has 2 rings (SSSR count). The Kier molecular flexibility index (Phi) is 4.37. The molecule has 0 spiro atoms. The topological polar surface area (TPSA) is 18.5 Å². The molecule has 94 valence electrons. The second-order valence-electron chi connectivity index (χ2n) is 4.31. The Bertz CT molecular complexity index is 479. The number of hydrogen-bond acceptors (Lipinski definition) is 2. The maximum absolute atomic E-state index is 5.79. The van der Waals surface area contributed by atoms with Crippen LogP contribution in [0.25, 0.3) is 0 Å². The SMILES string of the molecule is COC(C)Cc1cccc(Oc2ccccc2)c1. The van der Waals surface area contributed by atoms with Crippen LogP contribution in [-0.2, 0) is 11.2 Å². The molecule has 2 nitrogen and oxygen atoms in total. The van der Waals surface area contributed by atoms with Gasteiger partial charge in [-0.1, -0.05) is 30.3 Å². The average Bonchev–Trinajstić information content (AvgIpc) is 2.40. The summed E-state index contributed by atoms with van der Waals surface area (Å²) in [5, 5.41) is 0. The fraction of sp³-hybridized carbons (Fsp3) is 0.250. The molecule has 1 atom stereocenters. The van der Waals surface area contributed by atoms with Gasteiger partial charge in [-0.2, -0.15) is 0 Å². The Morgan fingerprint density at radius 3 is 2.39 bits per heavy atom. The first kappa shape index (κ1) is 12.7. The van der Waals surface area contributed by atoms with Crippen LogP contribution in [0.5, 0.6) is 11.5 Å². The highest BCUT2D eigenvalue weighted by Gasteiger charge is 2.03. The van der Waals surface area contributed by atoms with Gasteiger partial charge in [-0.25, -0.2) is 0 Å². The molecule has 1 unspecified atom stereocenters. The Labute approximate surface area is 108 Å². The Morgan fingerprint density at radius 2 is 1.67 bits per heavy atom. The molecule has 2 heteroatoms. The van der Waals surface area contributed by atoms with Gasteiger partial charge in [-0.15, -0.1) is 0 Å². The van der Waals surface area contributed by atoms with Crippen LogP contribution in [0.4, 0.5) is 0 Å². The van der Waals surface area contributed by atoms with E-state index in [9.17, 15) is 0 Å². The van der Waals surface area contributed by atoms with Crippen molar-refractivity contribution in [1.29, 1.82) is 0 Å². The van der Waals surface area contributed by atoms with Crippen LogP contribution in [0, 0.1) is 0 Å². The van der Waals surface area contributed by atoms with E-state index in [0.717, 1.165) is 17.9 Å². The summed E-state index contributed by atoms with van der Waals surface area (Å²) in [4.78, 5) is 0. The molecule has 0 radical (unpaired) electrons. The van der Waals surface area contributed by atoms with E-state index in [2.05, 4.69) is 19.1 Å². The van der Waals surface area contributed by atoms with Crippen molar-refractivity contribution in [2.45, 2.75) is 19.4 Å². The van der Waals surface area contributed by atoms with Crippen molar-refractivity contribution in [2.75, 3.05) is 7.11 Å². The molecule has 2 aromatic rings. The van der Waals surface area contributed by atoms with Gasteiger partial charge in [0.05, 0.1) is 6.10 Å². The van der Waals surface area contributed by atoms with E-state index >= 15 is 0 Å². The minimum Gasteiger partial charge on any atom is -0.457 e. The quantitative estimate of drug-likeness (QED) is 0.787. The summed E-state index contributed by atoms with van der Waals surface area (Å²) in [6, 6.07) is 17.9. The minimum absolute atomic E-state index is 0.219. The van der Waals surface area contributed by atoms with Gasteiger partial charge in [0.2, 0.25) is 0 Å². The zero-order valence-electron chi connectivity index (χ0n) is 10.8. The van der Waals surface area contributed by atoms with Crippen molar-refractivity contribution in [3.05, 3.63) is 60.2 Å². The lowest BCUT2D eigenvalue weighted by Gasteiger charge is -2.11. The molecule has 0 aliphatic rings. The minimum atomic E-state index is 0.219. The highest BCUT2D eigenvalue weighted by molar-refractivity contribution is 5.34. The zero-order chi connectivity index (χ0) is 12.8. The lowest BCUT2D eigenvalue weighted by molar-refractivity contribution is 0.119. The summed E-state index contributed by atoms with van der Waals surface area (Å²) in [6.07, 6.45) is 1.11. The molecule has 0 fully saturated rings. The summed E-state index contributed by atoms with van der Waals surface area (Å²) in [7, 11) is 1.73. The third kappa shape index (κ3) is 3.60. The first-order valence-electron chi connectivity index (χ1n) is 6.12. The number of ether oxygens (including phenoxy) is 2. The van der Waals surface area contributed by atoms with Gasteiger partial charge in [0.15, 0.2) is 0 Å². The van der Waals surface area contributed by atoms with Gasteiger partial charge in [0.1, 0.15) is 11.5 Å². The smallest absolute Gasteiger partial charge is 0.127 e. The molecular weight excluding hydrogens is 224 g/mol. The van der Waals surface area contributed by atoms with Crippen LogP contribution in [0.15, 0.2) is 54.6 Å². The zero-order valence-corrected chi connectivity index (χ0v) is 10.8. The molecule has 18 heavy (non-hydrogen) atoms. The van der Waals surface area contributed by atoms with Crippen LogP contribution < -0.4 is 4.74 Å². The number of rotatable bonds is 5. The van der Waals surface area contributed by atoms with E-state index in [1.807, 2.05) is 42.5 Å². The fourth-order valence-electron chi connectivity index (χ4n) is 1.78. The number of hydrogen-bond donors (Lipinski definition) is 0. The van der Waals surface area contributed by atoms with Crippen LogP contribution in [0.3, 0.4) is 0 Å². The van der Waals surface area contributed by atoms with Crippen molar-refractivity contribution in [3.8, 4) is 11.5 Å². The molecular formula is C16H18O2. The third-order valence-corrected chi connectivity index (χ3v) is 2.80. The van der Waals surface area contributed by atoms with Crippen molar-refractivity contribution < 1.29 is 9.47 Å². The largest absolute Gasteiger partial charge is 0.457 e. The van der Waals surface area contributed by atoms with E-state index in [4.69, 9.17) is 9.47 Å². The van der Waals surface area contributed by atoms with Crippen molar-refractivity contribution >= 4 is 0 Å². The Balaban J connectivity index is 2.08. The molecule has 2 aromatic carbocycles. The fourth-order valence-corrected chi connectivity index (χ4v) is 1.78. The lowest BCUT2D eigenvalue weighted by Crippen LogP contribution is -2.08. The van der Waals surface area contributed by atoms with Gasteiger partial charge < -0.3 is 9.47 Å². The Hall–Kier alpha value is -1.80. The van der Waals surface area contributed by atoms with Crippen LogP contribution in [0.1, 0.15) is 12.5 Å². The summed E-state index contributed by atoms with van der Waals surface area (Å²) >= 11 is 0. The van der Waals surface area contributed by atoms with Crippen LogP contribution >= 0.6 is 0 Å². The molecule has 0 bridgehead atoms. The highest BCUT2D eigenvalue weighted by atomic mass is 16.5. The maximum Gasteiger partial charge on any atom is 0.127 e. The molecule has 0 aliphatic carbocycles. The number of benzene rings is 2. The second kappa shape index (κ2) is 6.22. The molecule has 0 heterocycles. The monoisotopic (exact) mass is 242 g/mol.